The van der Waals surface area contributed by atoms with Gasteiger partial charge in [0.05, 0.1) is 25.4 Å². The van der Waals surface area contributed by atoms with E-state index in [-0.39, 0.29) is 19.4 Å². The molecule has 0 bridgehead atoms. The molecule has 1 aliphatic rings. The first kappa shape index (κ1) is 83.9. The summed E-state index contributed by atoms with van der Waals surface area (Å²) in [7, 11) is 0. The van der Waals surface area contributed by atoms with Gasteiger partial charge in [-0.15, -0.1) is 0 Å². The number of rotatable bonds is 64. The van der Waals surface area contributed by atoms with Gasteiger partial charge >= 0.3 is 5.97 Å². The summed E-state index contributed by atoms with van der Waals surface area (Å²) in [5.41, 5.74) is 0. The fraction of sp³-hybridized carbons (Fsp3) is 0.795. The average Bonchev–Trinajstić information content (AvgIpc) is 3.14. The van der Waals surface area contributed by atoms with Gasteiger partial charge in [0, 0.05) is 6.42 Å². The van der Waals surface area contributed by atoms with Crippen molar-refractivity contribution in [1.29, 1.82) is 0 Å². The van der Waals surface area contributed by atoms with Crippen LogP contribution in [0.25, 0.3) is 0 Å². The number of hydrogen-bond donors (Lipinski definition) is 6. The Kier molecular flexibility index (Phi) is 61.2. The van der Waals surface area contributed by atoms with Crippen LogP contribution in [0.4, 0.5) is 0 Å². The van der Waals surface area contributed by atoms with Crippen LogP contribution in [-0.4, -0.2) is 99.6 Å². The van der Waals surface area contributed by atoms with Crippen LogP contribution in [-0.2, 0) is 23.8 Å². The second kappa shape index (κ2) is 64.9. The molecule has 11 nitrogen and oxygen atoms in total. The van der Waals surface area contributed by atoms with Crippen molar-refractivity contribution < 1.29 is 49.3 Å². The Morgan fingerprint density at radius 1 is 0.438 bits per heavy atom. The van der Waals surface area contributed by atoms with Gasteiger partial charge < -0.3 is 45.1 Å². The van der Waals surface area contributed by atoms with Gasteiger partial charge in [0.25, 0.3) is 0 Å². The highest BCUT2D eigenvalue weighted by molar-refractivity contribution is 5.80. The van der Waals surface area contributed by atoms with Gasteiger partial charge in [-0.3, -0.25) is 9.59 Å². The zero-order valence-corrected chi connectivity index (χ0v) is 57.5. The Bertz CT molecular complexity index is 1780. The third kappa shape index (κ3) is 52.0. The lowest BCUT2D eigenvalue weighted by atomic mass is 9.99. The van der Waals surface area contributed by atoms with E-state index in [1.54, 1.807) is 6.08 Å². The van der Waals surface area contributed by atoms with E-state index in [9.17, 15) is 35.1 Å². The van der Waals surface area contributed by atoms with Crippen LogP contribution in [0.1, 0.15) is 335 Å². The molecule has 0 saturated carbocycles. The molecular formula is C78H139NO10. The summed E-state index contributed by atoms with van der Waals surface area (Å²) in [6, 6.07) is -1.04. The van der Waals surface area contributed by atoms with Crippen molar-refractivity contribution in [3.8, 4) is 0 Å². The Morgan fingerprint density at radius 3 is 1.18 bits per heavy atom. The number of allylic oxidation sites excluding steroid dienone is 13. The van der Waals surface area contributed by atoms with E-state index in [1.165, 1.54) is 199 Å². The molecule has 0 radical (unpaired) electrons. The van der Waals surface area contributed by atoms with E-state index in [4.69, 9.17) is 14.2 Å². The fourth-order valence-corrected chi connectivity index (χ4v) is 11.4. The normalized spacial score (nSPS) is 18.6. The first-order chi connectivity index (χ1) is 43.7. The van der Waals surface area contributed by atoms with E-state index in [0.717, 1.165) is 89.9 Å². The first-order valence-electron chi connectivity index (χ1n) is 37.4. The number of aliphatic hydroxyl groups is 5. The summed E-state index contributed by atoms with van der Waals surface area (Å²) in [4.78, 5) is 26.7. The number of carbonyl (C=O) groups excluding carboxylic acids is 2. The van der Waals surface area contributed by atoms with E-state index < -0.39 is 67.4 Å². The molecule has 89 heavy (non-hydrogen) atoms. The average molecular weight is 1250 g/mol. The Morgan fingerprint density at radius 2 is 0.775 bits per heavy atom. The molecule has 0 spiro atoms. The number of unbranched alkanes of at least 4 members (excludes halogenated alkanes) is 38. The molecular weight excluding hydrogens is 1110 g/mol. The van der Waals surface area contributed by atoms with Crippen LogP contribution in [0.5, 0.6) is 0 Å². The molecule has 1 saturated heterocycles. The van der Waals surface area contributed by atoms with Crippen molar-refractivity contribution in [1.82, 2.24) is 5.32 Å². The summed E-state index contributed by atoms with van der Waals surface area (Å²) in [6.07, 6.45) is 76.2. The molecule has 1 amide bonds. The van der Waals surface area contributed by atoms with Crippen molar-refractivity contribution in [3.63, 3.8) is 0 Å². The van der Waals surface area contributed by atoms with E-state index in [1.807, 2.05) is 6.08 Å². The quantitative estimate of drug-likeness (QED) is 0.0195. The SMILES string of the molecule is CCCCC/C=C\C/C=C\C/C=C\C/C=C\CCCCCCC(O)C(=O)NC(COC1OC(CO)C(O)C(O)C1OC(=O)CCCCCCCCCCCCCCCCCCC/C=C\C/C=C\CCCCC)C(O)/C=C/CCCCCCCCCCCCC. The summed E-state index contributed by atoms with van der Waals surface area (Å²) < 4.78 is 17.7. The van der Waals surface area contributed by atoms with Crippen LogP contribution in [0, 0.1) is 0 Å². The zero-order chi connectivity index (χ0) is 64.6. The summed E-state index contributed by atoms with van der Waals surface area (Å²) in [6.45, 7) is 5.77. The van der Waals surface area contributed by atoms with Gasteiger partial charge in [-0.1, -0.05) is 311 Å². The number of esters is 1. The highest BCUT2D eigenvalue weighted by atomic mass is 16.7. The Balaban J connectivity index is 2.56. The standard InChI is InChI=1S/C78H139NO10/c1-4-7-10-13-16-19-22-25-27-29-31-33-34-35-36-37-38-39-41-43-45-48-51-54-57-60-63-66-73(83)89-76-75(85)74(84)72(67-80)88-78(76)87-68-69(70(81)64-61-58-55-52-49-46-24-21-18-15-12-9-6-3)79-77(86)71(82)65-62-59-56-53-50-47-44-42-40-32-30-28-26-23-20-17-14-11-8-5-2/h16-17,19-20,25-28,32,40,44,47,61,64,69-72,74-76,78,80-82,84-85H,4-15,18,21-24,29-31,33-39,41-43,45-46,48-60,62-63,65-68H2,1-3H3,(H,79,86)/b19-16-,20-17-,27-25-,28-26-,40-32-,47-44-,64-61+. The fourth-order valence-electron chi connectivity index (χ4n) is 11.4. The van der Waals surface area contributed by atoms with Gasteiger partial charge in [0.2, 0.25) is 5.91 Å². The number of carbonyl (C=O) groups is 2. The van der Waals surface area contributed by atoms with Crippen molar-refractivity contribution >= 4 is 11.9 Å². The van der Waals surface area contributed by atoms with Crippen LogP contribution in [0.2, 0.25) is 0 Å². The van der Waals surface area contributed by atoms with Crippen molar-refractivity contribution in [2.24, 2.45) is 0 Å². The minimum absolute atomic E-state index is 0.120. The highest BCUT2D eigenvalue weighted by Crippen LogP contribution is 2.26. The topological polar surface area (TPSA) is 175 Å². The van der Waals surface area contributed by atoms with Gasteiger partial charge in [-0.2, -0.15) is 0 Å². The van der Waals surface area contributed by atoms with Gasteiger partial charge in [-0.05, 0) is 103 Å². The third-order valence-corrected chi connectivity index (χ3v) is 17.3. The molecule has 0 aromatic rings. The maximum Gasteiger partial charge on any atom is 0.306 e. The van der Waals surface area contributed by atoms with Gasteiger partial charge in [0.15, 0.2) is 12.4 Å². The molecule has 1 heterocycles. The lowest BCUT2D eigenvalue weighted by Crippen LogP contribution is -2.61. The predicted molar refractivity (Wildman–Crippen MR) is 375 cm³/mol. The number of amides is 1. The maximum atomic E-state index is 13.5. The second-order valence-electron chi connectivity index (χ2n) is 25.7. The van der Waals surface area contributed by atoms with Crippen LogP contribution < -0.4 is 5.32 Å². The Hall–Kier alpha value is -3.16. The van der Waals surface area contributed by atoms with E-state index in [2.05, 4.69) is 99.0 Å². The molecule has 0 aromatic carbocycles. The molecule has 0 aliphatic carbocycles. The predicted octanol–water partition coefficient (Wildman–Crippen LogP) is 19.6. The lowest BCUT2D eigenvalue weighted by molar-refractivity contribution is -0.305. The molecule has 1 rings (SSSR count). The number of nitrogens with one attached hydrogen (secondary N) is 1. The largest absolute Gasteiger partial charge is 0.454 e. The molecule has 516 valence electrons. The smallest absolute Gasteiger partial charge is 0.306 e. The molecule has 8 atom stereocenters. The van der Waals surface area contributed by atoms with Crippen molar-refractivity contribution in [2.45, 2.75) is 384 Å². The molecule has 1 fully saturated rings. The van der Waals surface area contributed by atoms with Crippen molar-refractivity contribution in [2.75, 3.05) is 13.2 Å². The molecule has 11 heteroatoms. The maximum absolute atomic E-state index is 13.5. The van der Waals surface area contributed by atoms with Crippen molar-refractivity contribution in [3.05, 3.63) is 85.1 Å². The molecule has 0 aromatic heterocycles. The molecule has 8 unspecified atom stereocenters. The van der Waals surface area contributed by atoms with Crippen LogP contribution in [0.15, 0.2) is 85.1 Å². The third-order valence-electron chi connectivity index (χ3n) is 17.3. The molecule has 1 aliphatic heterocycles. The molecule has 6 N–H and O–H groups in total. The second-order valence-corrected chi connectivity index (χ2v) is 25.7. The van der Waals surface area contributed by atoms with Gasteiger partial charge in [-0.25, -0.2) is 0 Å². The van der Waals surface area contributed by atoms with E-state index >= 15 is 0 Å². The van der Waals surface area contributed by atoms with Gasteiger partial charge in [0.1, 0.15) is 24.4 Å². The summed E-state index contributed by atoms with van der Waals surface area (Å²) in [5.74, 6) is -1.21. The Labute approximate surface area is 546 Å². The van der Waals surface area contributed by atoms with Crippen LogP contribution in [0.3, 0.4) is 0 Å². The summed E-state index contributed by atoms with van der Waals surface area (Å²) in [5, 5.41) is 57.3. The monoisotopic (exact) mass is 1250 g/mol. The zero-order valence-electron chi connectivity index (χ0n) is 57.5. The minimum Gasteiger partial charge on any atom is -0.454 e. The minimum atomic E-state index is -1.62. The first-order valence-corrected chi connectivity index (χ1v) is 37.4. The van der Waals surface area contributed by atoms with E-state index in [0.29, 0.717) is 12.8 Å². The summed E-state index contributed by atoms with van der Waals surface area (Å²) >= 11 is 0. The number of hydrogen-bond acceptors (Lipinski definition) is 10. The number of ether oxygens (including phenoxy) is 3. The van der Waals surface area contributed by atoms with Crippen LogP contribution >= 0.6 is 0 Å². The lowest BCUT2D eigenvalue weighted by Gasteiger charge is -2.41. The number of aliphatic hydroxyl groups excluding tert-OH is 5. The highest BCUT2D eigenvalue weighted by Gasteiger charge is 2.47.